The summed E-state index contributed by atoms with van der Waals surface area (Å²) >= 11 is 0. The Balaban J connectivity index is 2.23. The van der Waals surface area contributed by atoms with Crippen molar-refractivity contribution in [3.63, 3.8) is 0 Å². The van der Waals surface area contributed by atoms with Crippen LogP contribution in [0.2, 0.25) is 0 Å². The molecule has 1 aliphatic heterocycles. The molecular formula is C14H30N2O. The molecule has 0 amide bonds. The first kappa shape index (κ1) is 14.9. The number of nitrogens with one attached hydrogen (secondary N) is 1. The highest BCUT2D eigenvalue weighted by molar-refractivity contribution is 4.79. The van der Waals surface area contributed by atoms with E-state index < -0.39 is 0 Å². The maximum Gasteiger partial charge on any atom is 0.0594 e. The average Bonchev–Trinajstić information content (AvgIpc) is 2.27. The minimum atomic E-state index is 0.426. The molecule has 3 heteroatoms. The second-order valence-electron chi connectivity index (χ2n) is 6.44. The molecule has 1 rings (SSSR count). The molecule has 0 unspecified atom stereocenters. The van der Waals surface area contributed by atoms with E-state index >= 15 is 0 Å². The van der Waals surface area contributed by atoms with Crippen LogP contribution in [0.5, 0.6) is 0 Å². The van der Waals surface area contributed by atoms with Gasteiger partial charge in [0.05, 0.1) is 13.2 Å². The summed E-state index contributed by atoms with van der Waals surface area (Å²) in [5.41, 5.74) is 0.426. The lowest BCUT2D eigenvalue weighted by Crippen LogP contribution is -2.51. The minimum absolute atomic E-state index is 0.426. The van der Waals surface area contributed by atoms with Crippen molar-refractivity contribution < 1.29 is 4.74 Å². The number of nitrogens with zero attached hydrogens (tertiary/aromatic N) is 1. The van der Waals surface area contributed by atoms with Crippen molar-refractivity contribution in [2.75, 3.05) is 32.8 Å². The van der Waals surface area contributed by atoms with Crippen LogP contribution in [0.25, 0.3) is 0 Å². The molecule has 1 heterocycles. The normalized spacial score (nSPS) is 22.4. The van der Waals surface area contributed by atoms with Gasteiger partial charge in [-0.2, -0.15) is 0 Å². The molecule has 102 valence electrons. The van der Waals surface area contributed by atoms with E-state index in [-0.39, 0.29) is 0 Å². The molecule has 17 heavy (non-hydrogen) atoms. The Morgan fingerprint density at radius 2 is 1.76 bits per heavy atom. The summed E-state index contributed by atoms with van der Waals surface area (Å²) in [6, 6.07) is 1.15. The third kappa shape index (κ3) is 5.84. The van der Waals surface area contributed by atoms with Crippen molar-refractivity contribution >= 4 is 0 Å². The van der Waals surface area contributed by atoms with Crippen LogP contribution in [-0.4, -0.2) is 49.8 Å². The van der Waals surface area contributed by atoms with Crippen LogP contribution in [0, 0.1) is 5.41 Å². The van der Waals surface area contributed by atoms with Gasteiger partial charge in [0.15, 0.2) is 0 Å². The lowest BCUT2D eigenvalue weighted by atomic mass is 9.92. The zero-order valence-corrected chi connectivity index (χ0v) is 12.3. The van der Waals surface area contributed by atoms with E-state index in [2.05, 4.69) is 44.8 Å². The fraction of sp³-hybridized carbons (Fsp3) is 1.00. The third-order valence-corrected chi connectivity index (χ3v) is 3.69. The third-order valence-electron chi connectivity index (χ3n) is 3.69. The van der Waals surface area contributed by atoms with Gasteiger partial charge in [-0.1, -0.05) is 20.8 Å². The predicted octanol–water partition coefficient (Wildman–Crippen LogP) is 2.12. The summed E-state index contributed by atoms with van der Waals surface area (Å²) < 4.78 is 5.39. The van der Waals surface area contributed by atoms with Crippen LogP contribution in [-0.2, 0) is 4.74 Å². The topological polar surface area (TPSA) is 24.5 Å². The van der Waals surface area contributed by atoms with Gasteiger partial charge in [0.1, 0.15) is 0 Å². The molecular weight excluding hydrogens is 212 g/mol. The first-order valence-corrected chi connectivity index (χ1v) is 6.95. The van der Waals surface area contributed by atoms with E-state index in [0.29, 0.717) is 17.5 Å². The first-order valence-electron chi connectivity index (χ1n) is 6.95. The van der Waals surface area contributed by atoms with Crippen molar-refractivity contribution in [3.8, 4) is 0 Å². The number of hydrogen-bond donors (Lipinski definition) is 1. The SMILES string of the molecule is C[C@@H](NCCC(C)(C)C)[C@H](C)N1CCOCC1. The van der Waals surface area contributed by atoms with E-state index in [1.165, 1.54) is 6.42 Å². The minimum Gasteiger partial charge on any atom is -0.379 e. The molecule has 1 aliphatic rings. The van der Waals surface area contributed by atoms with Gasteiger partial charge in [-0.15, -0.1) is 0 Å². The molecule has 1 N–H and O–H groups in total. The van der Waals surface area contributed by atoms with Gasteiger partial charge >= 0.3 is 0 Å². The van der Waals surface area contributed by atoms with E-state index in [1.807, 2.05) is 0 Å². The molecule has 0 spiro atoms. The van der Waals surface area contributed by atoms with Crippen molar-refractivity contribution in [1.82, 2.24) is 10.2 Å². The molecule has 0 radical (unpaired) electrons. The molecule has 1 fully saturated rings. The summed E-state index contributed by atoms with van der Waals surface area (Å²) in [5, 5.41) is 3.65. The fourth-order valence-corrected chi connectivity index (χ4v) is 2.15. The Hall–Kier alpha value is -0.120. The van der Waals surface area contributed by atoms with Gasteiger partial charge < -0.3 is 10.1 Å². The number of hydrogen-bond acceptors (Lipinski definition) is 3. The molecule has 1 saturated heterocycles. The second kappa shape index (κ2) is 6.72. The van der Waals surface area contributed by atoms with Crippen molar-refractivity contribution in [1.29, 1.82) is 0 Å². The summed E-state index contributed by atoms with van der Waals surface area (Å²) in [7, 11) is 0. The predicted molar refractivity (Wildman–Crippen MR) is 73.4 cm³/mol. The average molecular weight is 242 g/mol. The van der Waals surface area contributed by atoms with E-state index in [0.717, 1.165) is 32.8 Å². The van der Waals surface area contributed by atoms with Gasteiger partial charge in [-0.3, -0.25) is 4.90 Å². The van der Waals surface area contributed by atoms with Crippen LogP contribution in [0.3, 0.4) is 0 Å². The van der Waals surface area contributed by atoms with Crippen LogP contribution >= 0.6 is 0 Å². The van der Waals surface area contributed by atoms with Crippen LogP contribution < -0.4 is 5.32 Å². The maximum atomic E-state index is 5.39. The fourth-order valence-electron chi connectivity index (χ4n) is 2.15. The molecule has 0 aromatic rings. The monoisotopic (exact) mass is 242 g/mol. The highest BCUT2D eigenvalue weighted by Gasteiger charge is 2.22. The van der Waals surface area contributed by atoms with Gasteiger partial charge in [-0.25, -0.2) is 0 Å². The Bertz CT molecular complexity index is 207. The van der Waals surface area contributed by atoms with Crippen molar-refractivity contribution in [2.24, 2.45) is 5.41 Å². The largest absolute Gasteiger partial charge is 0.379 e. The Kier molecular flexibility index (Phi) is 5.90. The second-order valence-corrected chi connectivity index (χ2v) is 6.44. The van der Waals surface area contributed by atoms with E-state index in [4.69, 9.17) is 4.74 Å². The van der Waals surface area contributed by atoms with Crippen LogP contribution in [0.15, 0.2) is 0 Å². The van der Waals surface area contributed by atoms with Crippen molar-refractivity contribution in [3.05, 3.63) is 0 Å². The van der Waals surface area contributed by atoms with E-state index in [1.54, 1.807) is 0 Å². The summed E-state index contributed by atoms with van der Waals surface area (Å²) in [5.74, 6) is 0. The Morgan fingerprint density at radius 3 is 2.29 bits per heavy atom. The van der Waals surface area contributed by atoms with Crippen molar-refractivity contribution in [2.45, 2.75) is 53.1 Å². The molecule has 2 atom stereocenters. The summed E-state index contributed by atoms with van der Waals surface area (Å²) in [6.45, 7) is 16.5. The highest BCUT2D eigenvalue weighted by Crippen LogP contribution is 2.17. The number of rotatable bonds is 5. The molecule has 0 aromatic carbocycles. The Morgan fingerprint density at radius 1 is 1.18 bits per heavy atom. The molecule has 0 bridgehead atoms. The van der Waals surface area contributed by atoms with Gasteiger partial charge in [0, 0.05) is 25.2 Å². The molecule has 3 nitrogen and oxygen atoms in total. The Labute approximate surface area is 107 Å². The number of morpholine rings is 1. The maximum absolute atomic E-state index is 5.39. The van der Waals surface area contributed by atoms with E-state index in [9.17, 15) is 0 Å². The van der Waals surface area contributed by atoms with Gasteiger partial charge in [-0.05, 0) is 32.2 Å². The molecule has 0 aliphatic carbocycles. The summed E-state index contributed by atoms with van der Waals surface area (Å²) in [4.78, 5) is 2.53. The van der Waals surface area contributed by atoms with Gasteiger partial charge in [0.25, 0.3) is 0 Å². The zero-order chi connectivity index (χ0) is 12.9. The zero-order valence-electron chi connectivity index (χ0n) is 12.3. The lowest BCUT2D eigenvalue weighted by Gasteiger charge is -2.36. The molecule has 0 aromatic heterocycles. The van der Waals surface area contributed by atoms with Crippen LogP contribution in [0.4, 0.5) is 0 Å². The summed E-state index contributed by atoms with van der Waals surface area (Å²) in [6.07, 6.45) is 1.23. The van der Waals surface area contributed by atoms with Crippen LogP contribution in [0.1, 0.15) is 41.0 Å². The quantitative estimate of drug-likeness (QED) is 0.799. The van der Waals surface area contributed by atoms with Gasteiger partial charge in [0.2, 0.25) is 0 Å². The first-order chi connectivity index (χ1) is 7.90. The smallest absolute Gasteiger partial charge is 0.0594 e. The molecule has 0 saturated carbocycles. The lowest BCUT2D eigenvalue weighted by molar-refractivity contribution is 0.0135. The standard InChI is InChI=1S/C14H30N2O/c1-12(15-7-6-14(3,4)5)13(2)16-8-10-17-11-9-16/h12-13,15H,6-11H2,1-5H3/t12-,13+/m1/s1. The highest BCUT2D eigenvalue weighted by atomic mass is 16.5. The number of ether oxygens (including phenoxy) is 1.